The number of aliphatic hydroxyl groups is 2. The second kappa shape index (κ2) is 12.3. The molecule has 7 heterocycles. The highest BCUT2D eigenvalue weighted by Gasteiger charge is 2.52. The second-order valence-corrected chi connectivity index (χ2v) is 13.8. The van der Waals surface area contributed by atoms with Gasteiger partial charge in [0.05, 0.1) is 19.5 Å². The van der Waals surface area contributed by atoms with Gasteiger partial charge in [-0.15, -0.1) is 0 Å². The molecule has 3 saturated heterocycles. The first-order valence-corrected chi connectivity index (χ1v) is 17.1. The Bertz CT molecular complexity index is 2220. The maximum atomic E-state index is 13.1. The van der Waals surface area contributed by atoms with E-state index in [1.54, 1.807) is 0 Å². The van der Waals surface area contributed by atoms with Gasteiger partial charge in [-0.05, 0) is 0 Å². The molecule has 0 radical (unpaired) electrons. The van der Waals surface area contributed by atoms with Crippen molar-refractivity contribution in [2.75, 3.05) is 24.7 Å². The molecule has 4 aromatic rings. The van der Waals surface area contributed by atoms with Crippen LogP contribution >= 0.6 is 15.6 Å². The number of carboxylic acids is 1. The van der Waals surface area contributed by atoms with E-state index < -0.39 is 113 Å². The van der Waals surface area contributed by atoms with Crippen LogP contribution in [0.4, 0.5) is 11.9 Å². The first-order valence-electron chi connectivity index (χ1n) is 14.2. The van der Waals surface area contributed by atoms with E-state index in [2.05, 4.69) is 29.9 Å². The van der Waals surface area contributed by atoms with Crippen LogP contribution in [0.2, 0.25) is 0 Å². The maximum Gasteiger partial charge on any atom is 0.311 e. The molecular weight excluding hydrogens is 722 g/mol. The van der Waals surface area contributed by atoms with Gasteiger partial charge in [-0.2, -0.15) is 9.97 Å². The minimum Gasteiger partial charge on any atom is -0.756 e. The summed E-state index contributed by atoms with van der Waals surface area (Å²) in [5.41, 5.74) is 8.45. The number of aromatic nitrogens is 8. The molecule has 0 aliphatic carbocycles. The lowest BCUT2D eigenvalue weighted by atomic mass is 10.1. The predicted octanol–water partition coefficient (Wildman–Crippen LogP) is -4.69. The molecule has 10 atom stereocenters. The van der Waals surface area contributed by atoms with Gasteiger partial charge in [0.15, 0.2) is 34.8 Å². The molecule has 9 N–H and O–H groups in total. The van der Waals surface area contributed by atoms with Crippen molar-refractivity contribution in [3.63, 3.8) is 0 Å². The smallest absolute Gasteiger partial charge is 0.311 e. The summed E-state index contributed by atoms with van der Waals surface area (Å²) in [6.45, 7) is -2.10. The van der Waals surface area contributed by atoms with Gasteiger partial charge in [0.2, 0.25) is 11.9 Å². The van der Waals surface area contributed by atoms with E-state index in [4.69, 9.17) is 39.0 Å². The van der Waals surface area contributed by atoms with Gasteiger partial charge in [-0.25, -0.2) is 9.97 Å². The van der Waals surface area contributed by atoms with Crippen molar-refractivity contribution in [3.8, 4) is 0 Å². The molecule has 4 unspecified atom stereocenters. The summed E-state index contributed by atoms with van der Waals surface area (Å²) in [5, 5.41) is 31.8. The summed E-state index contributed by atoms with van der Waals surface area (Å²) in [6.07, 6.45) is -14.5. The summed E-state index contributed by atoms with van der Waals surface area (Å²) < 4.78 is 59.6. The zero-order valence-corrected chi connectivity index (χ0v) is 26.5. The van der Waals surface area contributed by atoms with Crippen LogP contribution in [0, 0.1) is 0 Å². The minimum absolute atomic E-state index is 0.180. The summed E-state index contributed by atoms with van der Waals surface area (Å²) in [4.78, 5) is 82.6. The van der Waals surface area contributed by atoms with E-state index in [1.807, 2.05) is 0 Å². The van der Waals surface area contributed by atoms with Crippen molar-refractivity contribution in [2.45, 2.75) is 55.5 Å². The number of carbonyl (C=O) groups is 1. The Balaban J connectivity index is 1.20. The number of phosphoric ester groups is 2. The minimum atomic E-state index is -5.49. The van der Waals surface area contributed by atoms with Crippen molar-refractivity contribution >= 4 is 55.8 Å². The van der Waals surface area contributed by atoms with Gasteiger partial charge < -0.3 is 64.1 Å². The first kappa shape index (κ1) is 34.3. The largest absolute Gasteiger partial charge is 0.756 e. The topological polar surface area (TPSA) is 393 Å². The number of fused-ring (bicyclic) bond motifs is 4. The van der Waals surface area contributed by atoms with Crippen LogP contribution in [0.3, 0.4) is 0 Å². The number of ether oxygens (including phenoxy) is 2. The molecule has 0 spiro atoms. The van der Waals surface area contributed by atoms with Crippen LogP contribution in [-0.4, -0.2) is 110 Å². The Morgan fingerprint density at radius 3 is 1.98 bits per heavy atom. The maximum absolute atomic E-state index is 13.1. The van der Waals surface area contributed by atoms with E-state index in [0.29, 0.717) is 0 Å². The average molecular weight is 746 g/mol. The highest BCUT2D eigenvalue weighted by atomic mass is 31.2. The molecule has 3 aliphatic heterocycles. The number of rotatable bonds is 4. The number of carboxylic acid groups (broad SMARTS) is 1. The predicted molar refractivity (Wildman–Crippen MR) is 153 cm³/mol. The fraction of sp³-hybridized carbons (Fsp3) is 0.500. The number of hydrogen-bond acceptors (Lipinski definition) is 21. The number of H-pyrrole nitrogens is 2. The molecule has 270 valence electrons. The Morgan fingerprint density at radius 2 is 1.40 bits per heavy atom. The van der Waals surface area contributed by atoms with Crippen LogP contribution in [0.15, 0.2) is 15.9 Å². The van der Waals surface area contributed by atoms with Gasteiger partial charge in [0.1, 0.15) is 48.9 Å². The number of nitrogens with one attached hydrogen (secondary N) is 2. The summed E-state index contributed by atoms with van der Waals surface area (Å²) in [7, 11) is -11.0. The van der Waals surface area contributed by atoms with Gasteiger partial charge in [0.25, 0.3) is 26.8 Å². The van der Waals surface area contributed by atoms with Gasteiger partial charge in [0, 0.05) is 0 Å². The average Bonchev–Trinajstić information content (AvgIpc) is 3.74. The lowest BCUT2D eigenvalue weighted by Crippen LogP contribution is -2.41. The molecule has 26 nitrogen and oxygen atoms in total. The molecule has 50 heavy (non-hydrogen) atoms. The van der Waals surface area contributed by atoms with Crippen molar-refractivity contribution in [3.05, 3.63) is 32.9 Å². The zero-order valence-electron chi connectivity index (χ0n) is 24.7. The number of nitrogen functional groups attached to an aromatic ring is 2. The van der Waals surface area contributed by atoms with E-state index >= 15 is 0 Å². The summed E-state index contributed by atoms with van der Waals surface area (Å²) in [5.74, 6) is -2.58. The number of aromatic amines is 2. The van der Waals surface area contributed by atoms with Gasteiger partial charge in [-0.3, -0.25) is 42.6 Å². The molecule has 28 heteroatoms. The zero-order chi connectivity index (χ0) is 35.9. The Kier molecular flexibility index (Phi) is 8.40. The fourth-order valence-corrected chi connectivity index (χ4v) is 7.70. The van der Waals surface area contributed by atoms with E-state index in [-0.39, 0.29) is 28.6 Å². The number of imidazole rings is 2. The first-order chi connectivity index (χ1) is 23.5. The standard InChI is InChI=1S/C22H26N10O16P2/c23-21-27-15-9(17(37)29-21)25-4-31(15)19-11(35)13-5(45-19)2-43-50(41,42)48-14-6(3-44-49(39,40)47-13)46-20(12(14)36)32-7(1-8(33)34)26-10-16(32)28-22(24)30-18(10)38/h4-6,11-14,19-20,35-36H,1-3H2,(H,33,34)(H,39,40)(H,41,42)(H3,23,27,29,37)(H3,24,28,30,38)/p-2/t5-,6+,11?,12-,13-,14?,19+,20+/m0/s1. The highest BCUT2D eigenvalue weighted by molar-refractivity contribution is 7.46. The van der Waals surface area contributed by atoms with E-state index in [0.717, 1.165) is 15.5 Å². The van der Waals surface area contributed by atoms with Gasteiger partial charge in [-0.1, -0.05) is 0 Å². The lowest BCUT2D eigenvalue weighted by Gasteiger charge is -2.34. The molecule has 3 aliphatic rings. The van der Waals surface area contributed by atoms with Crippen LogP contribution in [-0.2, 0) is 47.9 Å². The number of nitrogens with zero attached hydrogens (tertiary/aromatic N) is 6. The van der Waals surface area contributed by atoms with Crippen LogP contribution in [0.1, 0.15) is 18.3 Å². The Hall–Kier alpha value is -4.17. The summed E-state index contributed by atoms with van der Waals surface area (Å²) >= 11 is 0. The normalized spacial score (nSPS) is 35.0. The van der Waals surface area contributed by atoms with Crippen molar-refractivity contribution < 1.29 is 66.6 Å². The van der Waals surface area contributed by atoms with E-state index in [9.17, 15) is 48.6 Å². The monoisotopic (exact) mass is 746 g/mol. The molecule has 0 saturated carbocycles. The molecule has 7 rings (SSSR count). The molecule has 0 amide bonds. The molecule has 4 aromatic heterocycles. The number of aliphatic hydroxyl groups excluding tert-OH is 2. The molecule has 0 bridgehead atoms. The third-order valence-corrected chi connectivity index (χ3v) is 9.78. The Morgan fingerprint density at radius 1 is 0.880 bits per heavy atom. The van der Waals surface area contributed by atoms with Crippen molar-refractivity contribution in [1.82, 2.24) is 39.0 Å². The second-order valence-electron chi connectivity index (χ2n) is 11.1. The number of aliphatic carboxylic acids is 1. The number of phosphoric acid groups is 2. The Labute approximate surface area is 274 Å². The molecule has 3 fully saturated rings. The fourth-order valence-electron chi connectivity index (χ4n) is 5.80. The highest BCUT2D eigenvalue weighted by Crippen LogP contribution is 2.51. The summed E-state index contributed by atoms with van der Waals surface area (Å²) in [6, 6.07) is 0. The number of hydrogen-bond donors (Lipinski definition) is 7. The van der Waals surface area contributed by atoms with Crippen LogP contribution in [0.5, 0.6) is 0 Å². The number of anilines is 2. The molecular formula is C22H24N10O16P2-2. The lowest BCUT2D eigenvalue weighted by molar-refractivity contribution is -0.244. The van der Waals surface area contributed by atoms with Gasteiger partial charge >= 0.3 is 5.97 Å². The van der Waals surface area contributed by atoms with Crippen LogP contribution < -0.4 is 32.4 Å². The third-order valence-electron chi connectivity index (χ3n) is 7.84. The van der Waals surface area contributed by atoms with E-state index in [1.165, 1.54) is 0 Å². The van der Waals surface area contributed by atoms with Crippen molar-refractivity contribution in [2.24, 2.45) is 0 Å². The quantitative estimate of drug-likeness (QED) is 0.0965. The SMILES string of the molecule is Nc1nc2c(ncn2[C@@H]2O[C@H]3COP(=O)([O-])OC4[C@@H](COP(=O)([O-])O[C@@H]3C2O)O[C@@H](n2c(CC(=O)O)nc3c(=O)[nH]c(N)nc32)[C@H]4O)c(=O)[nH]1. The number of nitrogens with two attached hydrogens (primary N) is 2. The van der Waals surface area contributed by atoms with Crippen molar-refractivity contribution in [1.29, 1.82) is 0 Å². The molecule has 0 aromatic carbocycles. The third kappa shape index (κ3) is 6.10. The van der Waals surface area contributed by atoms with Crippen LogP contribution in [0.25, 0.3) is 22.3 Å².